The molecule has 0 bridgehead atoms. The van der Waals surface area contributed by atoms with Crippen molar-refractivity contribution in [3.05, 3.63) is 23.5 Å². The summed E-state index contributed by atoms with van der Waals surface area (Å²) in [5.41, 5.74) is -2.50. The van der Waals surface area contributed by atoms with Gasteiger partial charge in [-0.2, -0.15) is 0 Å². The Morgan fingerprint density at radius 3 is 2.55 bits per heavy atom. The molecular formula is C24H32O7. The zero-order valence-electron chi connectivity index (χ0n) is 18.6. The van der Waals surface area contributed by atoms with Crippen LogP contribution in [0.3, 0.4) is 0 Å². The van der Waals surface area contributed by atoms with E-state index in [4.69, 9.17) is 4.74 Å². The zero-order valence-corrected chi connectivity index (χ0v) is 18.6. The maximum Gasteiger partial charge on any atom is 0.307 e. The summed E-state index contributed by atoms with van der Waals surface area (Å²) in [5, 5.41) is 32.3. The first-order valence-corrected chi connectivity index (χ1v) is 11.1. The summed E-state index contributed by atoms with van der Waals surface area (Å²) in [6.45, 7) is 6.37. The molecule has 170 valence electrons. The second-order valence-corrected chi connectivity index (χ2v) is 10.4. The van der Waals surface area contributed by atoms with Crippen LogP contribution >= 0.6 is 0 Å². The number of esters is 1. The van der Waals surface area contributed by atoms with E-state index in [9.17, 15) is 29.7 Å². The van der Waals surface area contributed by atoms with Crippen molar-refractivity contribution in [1.29, 1.82) is 0 Å². The topological polar surface area (TPSA) is 121 Å². The molecule has 0 radical (unpaired) electrons. The summed E-state index contributed by atoms with van der Waals surface area (Å²) in [4.78, 5) is 36.7. The molecule has 4 rings (SSSR count). The Morgan fingerprint density at radius 1 is 1.26 bits per heavy atom. The number of rotatable bonds is 3. The summed E-state index contributed by atoms with van der Waals surface area (Å²) in [6, 6.07) is 0. The molecule has 0 saturated heterocycles. The molecule has 0 spiro atoms. The molecule has 3 fully saturated rings. The minimum absolute atomic E-state index is 0.00578. The van der Waals surface area contributed by atoms with Gasteiger partial charge >= 0.3 is 5.97 Å². The molecule has 0 aromatic carbocycles. The number of ether oxygens (including phenoxy) is 1. The predicted molar refractivity (Wildman–Crippen MR) is 110 cm³/mol. The average Bonchev–Trinajstić information content (AvgIpc) is 2.94. The molecule has 0 aromatic rings. The molecular weight excluding hydrogens is 400 g/mol. The Labute approximate surface area is 182 Å². The number of Topliss-reactive ketones (excluding diaryl/α,β-unsaturated/α-hetero) is 1. The SMILES string of the molecule is CC(=O)OC1=CC(=O)C=C2[C@@H](C)C[C@@H]3[C@H]([C@@H](O)C[C@@]4(C)[C@H]3CC[C@]4(O)C(=O)CO)[C@@]12C. The molecule has 0 aromatic heterocycles. The largest absolute Gasteiger partial charge is 0.430 e. The summed E-state index contributed by atoms with van der Waals surface area (Å²) in [7, 11) is 0. The van der Waals surface area contributed by atoms with Crippen LogP contribution in [-0.4, -0.2) is 51.2 Å². The highest BCUT2D eigenvalue weighted by Gasteiger charge is 2.69. The van der Waals surface area contributed by atoms with Gasteiger partial charge in [0, 0.05) is 24.3 Å². The maximum absolute atomic E-state index is 12.5. The van der Waals surface area contributed by atoms with Crippen LogP contribution in [0.2, 0.25) is 0 Å². The van der Waals surface area contributed by atoms with E-state index in [1.807, 2.05) is 20.8 Å². The second-order valence-electron chi connectivity index (χ2n) is 10.4. The average molecular weight is 433 g/mol. The quantitative estimate of drug-likeness (QED) is 0.580. The third-order valence-electron chi connectivity index (χ3n) is 8.97. The van der Waals surface area contributed by atoms with E-state index in [2.05, 4.69) is 0 Å². The van der Waals surface area contributed by atoms with Crippen LogP contribution in [0.1, 0.15) is 53.4 Å². The lowest BCUT2D eigenvalue weighted by Crippen LogP contribution is -2.63. The first-order valence-electron chi connectivity index (χ1n) is 11.1. The number of aliphatic hydroxyl groups excluding tert-OH is 2. The van der Waals surface area contributed by atoms with E-state index in [-0.39, 0.29) is 48.1 Å². The zero-order chi connectivity index (χ0) is 22.9. The van der Waals surface area contributed by atoms with E-state index in [1.54, 1.807) is 6.08 Å². The first kappa shape index (κ1) is 22.4. The molecule has 3 N–H and O–H groups in total. The Bertz CT molecular complexity index is 904. The lowest BCUT2D eigenvalue weighted by molar-refractivity contribution is -0.184. The Morgan fingerprint density at radius 2 is 1.94 bits per heavy atom. The molecule has 0 amide bonds. The van der Waals surface area contributed by atoms with E-state index in [1.165, 1.54) is 13.0 Å². The second kappa shape index (κ2) is 7.09. The minimum atomic E-state index is -1.67. The standard InChI is InChI=1S/C24H32O7/c1-12-7-15-16-5-6-24(30,19(29)11-25)22(16,3)10-18(28)21(15)23(4)17(12)8-14(27)9-20(23)31-13(2)26/h8-9,12,15-16,18,21,25,28,30H,5-7,10-11H2,1-4H3/t12-,15-,16-,18-,21+,22-,23+,24-/m0/s1. The fourth-order valence-corrected chi connectivity index (χ4v) is 7.69. The highest BCUT2D eigenvalue weighted by molar-refractivity contribution is 6.02. The van der Waals surface area contributed by atoms with Gasteiger partial charge in [-0.15, -0.1) is 0 Å². The van der Waals surface area contributed by atoms with Gasteiger partial charge in [0.15, 0.2) is 11.6 Å². The van der Waals surface area contributed by atoms with Gasteiger partial charge in [-0.3, -0.25) is 14.4 Å². The molecule has 4 aliphatic carbocycles. The van der Waals surface area contributed by atoms with Gasteiger partial charge in [0.05, 0.1) is 11.5 Å². The van der Waals surface area contributed by atoms with Crippen molar-refractivity contribution in [2.75, 3.05) is 6.61 Å². The van der Waals surface area contributed by atoms with Crippen LogP contribution in [0.25, 0.3) is 0 Å². The van der Waals surface area contributed by atoms with Crippen LogP contribution in [0, 0.1) is 34.5 Å². The smallest absolute Gasteiger partial charge is 0.307 e. The molecule has 0 unspecified atom stereocenters. The number of hydrogen-bond acceptors (Lipinski definition) is 7. The van der Waals surface area contributed by atoms with E-state index >= 15 is 0 Å². The number of hydrogen-bond donors (Lipinski definition) is 3. The van der Waals surface area contributed by atoms with Crippen molar-refractivity contribution in [3.8, 4) is 0 Å². The lowest BCUT2D eigenvalue weighted by atomic mass is 9.44. The Kier molecular flexibility index (Phi) is 5.11. The van der Waals surface area contributed by atoms with Gasteiger partial charge in [0.2, 0.25) is 0 Å². The summed E-state index contributed by atoms with van der Waals surface area (Å²) in [6.07, 6.45) is 3.83. The third kappa shape index (κ3) is 2.86. The van der Waals surface area contributed by atoms with Crippen LogP contribution in [-0.2, 0) is 19.1 Å². The highest BCUT2D eigenvalue weighted by Crippen LogP contribution is 2.68. The molecule has 7 heteroatoms. The number of carbonyl (C=O) groups is 3. The normalized spacial score (nSPS) is 46.3. The Hall–Kier alpha value is -1.83. The van der Waals surface area contributed by atoms with Crippen molar-refractivity contribution in [2.24, 2.45) is 34.5 Å². The molecule has 3 saturated carbocycles. The van der Waals surface area contributed by atoms with Crippen LogP contribution < -0.4 is 0 Å². The van der Waals surface area contributed by atoms with Crippen LogP contribution in [0.15, 0.2) is 23.5 Å². The number of ketones is 2. The van der Waals surface area contributed by atoms with Crippen molar-refractivity contribution >= 4 is 17.5 Å². The van der Waals surface area contributed by atoms with Crippen molar-refractivity contribution < 1.29 is 34.4 Å². The maximum atomic E-state index is 12.5. The first-order chi connectivity index (χ1) is 14.4. The van der Waals surface area contributed by atoms with E-state index in [0.29, 0.717) is 12.8 Å². The van der Waals surface area contributed by atoms with Gasteiger partial charge in [-0.05, 0) is 62.0 Å². The minimum Gasteiger partial charge on any atom is -0.430 e. The molecule has 7 nitrogen and oxygen atoms in total. The van der Waals surface area contributed by atoms with Gasteiger partial charge < -0.3 is 20.1 Å². The molecule has 4 aliphatic rings. The molecule has 31 heavy (non-hydrogen) atoms. The summed E-state index contributed by atoms with van der Waals surface area (Å²) >= 11 is 0. The molecule has 0 heterocycles. The van der Waals surface area contributed by atoms with Crippen molar-refractivity contribution in [2.45, 2.75) is 65.1 Å². The van der Waals surface area contributed by atoms with E-state index in [0.717, 1.165) is 5.57 Å². The number of allylic oxidation sites excluding steroid dienone is 3. The van der Waals surface area contributed by atoms with Crippen molar-refractivity contribution in [1.82, 2.24) is 0 Å². The monoisotopic (exact) mass is 432 g/mol. The fourth-order valence-electron chi connectivity index (χ4n) is 7.69. The van der Waals surface area contributed by atoms with E-state index < -0.39 is 40.9 Å². The summed E-state index contributed by atoms with van der Waals surface area (Å²) in [5.74, 6) is -1.47. The van der Waals surface area contributed by atoms with Gasteiger partial charge in [-0.1, -0.05) is 13.8 Å². The number of aliphatic hydroxyl groups is 3. The molecule has 8 atom stereocenters. The van der Waals surface area contributed by atoms with Crippen LogP contribution in [0.5, 0.6) is 0 Å². The lowest BCUT2D eigenvalue weighted by Gasteiger charge is -2.61. The predicted octanol–water partition coefficient (Wildman–Crippen LogP) is 1.69. The van der Waals surface area contributed by atoms with Crippen LogP contribution in [0.4, 0.5) is 0 Å². The number of fused-ring (bicyclic) bond motifs is 5. The van der Waals surface area contributed by atoms with Gasteiger partial charge in [0.25, 0.3) is 0 Å². The Balaban J connectivity index is 1.82. The fraction of sp³-hybridized carbons (Fsp3) is 0.708. The summed E-state index contributed by atoms with van der Waals surface area (Å²) < 4.78 is 5.53. The third-order valence-corrected chi connectivity index (χ3v) is 8.97. The van der Waals surface area contributed by atoms with Gasteiger partial charge in [-0.25, -0.2) is 0 Å². The van der Waals surface area contributed by atoms with Crippen molar-refractivity contribution in [3.63, 3.8) is 0 Å². The highest BCUT2D eigenvalue weighted by atomic mass is 16.5. The van der Waals surface area contributed by atoms with Gasteiger partial charge in [0.1, 0.15) is 18.0 Å². The number of carbonyl (C=O) groups excluding carboxylic acids is 3. The molecule has 0 aliphatic heterocycles.